The number of carbonyl (C=O) groups excluding carboxylic acids is 1. The van der Waals surface area contributed by atoms with Crippen LogP contribution in [0.3, 0.4) is 0 Å². The zero-order valence-corrected chi connectivity index (χ0v) is 12.3. The van der Waals surface area contributed by atoms with Crippen LogP contribution >= 0.6 is 0 Å². The van der Waals surface area contributed by atoms with Crippen LogP contribution in [0, 0.1) is 13.8 Å². The molecule has 0 radical (unpaired) electrons. The van der Waals surface area contributed by atoms with Crippen molar-refractivity contribution in [1.82, 2.24) is 5.32 Å². The Hall–Kier alpha value is -2.07. The number of rotatable bonds is 3. The van der Waals surface area contributed by atoms with Gasteiger partial charge in [-0.3, -0.25) is 4.79 Å². The summed E-state index contributed by atoms with van der Waals surface area (Å²) < 4.78 is 11.2. The maximum absolute atomic E-state index is 12.1. The molecular weight excluding hydrogens is 266 g/mol. The highest BCUT2D eigenvalue weighted by Gasteiger charge is 2.20. The van der Waals surface area contributed by atoms with Crippen molar-refractivity contribution in [1.29, 1.82) is 0 Å². The highest BCUT2D eigenvalue weighted by molar-refractivity contribution is 5.95. The largest absolute Gasteiger partial charge is 0.466 e. The smallest absolute Gasteiger partial charge is 0.254 e. The number of aryl methyl sites for hydroxylation is 2. The molecule has 1 aromatic heterocycles. The molecular formula is C17H19NO3. The number of ether oxygens (including phenoxy) is 1. The molecule has 0 bridgehead atoms. The van der Waals surface area contributed by atoms with Crippen molar-refractivity contribution in [2.75, 3.05) is 6.54 Å². The Morgan fingerprint density at radius 2 is 2.05 bits per heavy atom. The molecule has 1 N–H and O–H groups in total. The zero-order chi connectivity index (χ0) is 14.8. The Kier molecular flexibility index (Phi) is 3.80. The maximum atomic E-state index is 12.1. The van der Waals surface area contributed by atoms with Gasteiger partial charge in [-0.1, -0.05) is 24.3 Å². The van der Waals surface area contributed by atoms with Crippen LogP contribution in [0.15, 0.2) is 34.7 Å². The van der Waals surface area contributed by atoms with Crippen LogP contribution in [0.1, 0.15) is 33.0 Å². The third-order valence-electron chi connectivity index (χ3n) is 3.82. The predicted molar refractivity (Wildman–Crippen MR) is 79.2 cm³/mol. The normalized spacial score (nSPS) is 17.3. The molecule has 0 spiro atoms. The summed E-state index contributed by atoms with van der Waals surface area (Å²) in [5, 5.41) is 2.93. The molecule has 0 saturated carbocycles. The molecule has 4 heteroatoms. The third-order valence-corrected chi connectivity index (χ3v) is 3.82. The van der Waals surface area contributed by atoms with Crippen molar-refractivity contribution >= 4 is 5.91 Å². The van der Waals surface area contributed by atoms with Crippen LogP contribution in [0.25, 0.3) is 0 Å². The lowest BCUT2D eigenvalue weighted by Crippen LogP contribution is -2.36. The molecule has 110 valence electrons. The minimum atomic E-state index is -0.105. The number of carbonyl (C=O) groups is 1. The summed E-state index contributed by atoms with van der Waals surface area (Å²) >= 11 is 0. The topological polar surface area (TPSA) is 51.5 Å². The van der Waals surface area contributed by atoms with Gasteiger partial charge in [0.2, 0.25) is 0 Å². The molecule has 1 aromatic carbocycles. The molecule has 1 amide bonds. The lowest BCUT2D eigenvalue weighted by Gasteiger charge is -2.25. The summed E-state index contributed by atoms with van der Waals surface area (Å²) in [4.78, 5) is 12.1. The fourth-order valence-electron chi connectivity index (χ4n) is 2.70. The number of furan rings is 1. The molecule has 1 aliphatic rings. The molecule has 2 aromatic rings. The molecule has 0 aliphatic carbocycles. The monoisotopic (exact) mass is 285 g/mol. The van der Waals surface area contributed by atoms with E-state index in [1.165, 1.54) is 11.1 Å². The van der Waals surface area contributed by atoms with Crippen molar-refractivity contribution in [3.05, 3.63) is 58.5 Å². The Labute approximate surface area is 124 Å². The average molecular weight is 285 g/mol. The minimum absolute atomic E-state index is 0.0251. The maximum Gasteiger partial charge on any atom is 0.254 e. The van der Waals surface area contributed by atoms with Crippen molar-refractivity contribution in [3.63, 3.8) is 0 Å². The van der Waals surface area contributed by atoms with Gasteiger partial charge in [0, 0.05) is 13.0 Å². The van der Waals surface area contributed by atoms with Gasteiger partial charge in [0.15, 0.2) is 0 Å². The molecule has 2 heterocycles. The van der Waals surface area contributed by atoms with E-state index in [0.29, 0.717) is 24.5 Å². The SMILES string of the molecule is Cc1cc(C(=O)NCC2Cc3ccccc3CO2)c(C)o1. The summed E-state index contributed by atoms with van der Waals surface area (Å²) in [6.45, 7) is 4.76. The van der Waals surface area contributed by atoms with Gasteiger partial charge in [-0.15, -0.1) is 0 Å². The molecule has 1 aliphatic heterocycles. The number of benzene rings is 1. The van der Waals surface area contributed by atoms with E-state index in [2.05, 4.69) is 17.4 Å². The van der Waals surface area contributed by atoms with Crippen molar-refractivity contribution in [2.24, 2.45) is 0 Å². The standard InChI is InChI=1S/C17H19NO3/c1-11-7-16(12(2)21-11)17(19)18-9-15-8-13-5-3-4-6-14(13)10-20-15/h3-7,15H,8-10H2,1-2H3,(H,18,19). The molecule has 3 rings (SSSR count). The van der Waals surface area contributed by atoms with E-state index in [4.69, 9.17) is 9.15 Å². The second-order valence-electron chi connectivity index (χ2n) is 5.44. The summed E-state index contributed by atoms with van der Waals surface area (Å²) in [6.07, 6.45) is 0.858. The van der Waals surface area contributed by atoms with E-state index in [0.717, 1.165) is 12.2 Å². The fourth-order valence-corrected chi connectivity index (χ4v) is 2.70. The van der Waals surface area contributed by atoms with Crippen LogP contribution in [0.2, 0.25) is 0 Å². The van der Waals surface area contributed by atoms with E-state index >= 15 is 0 Å². The highest BCUT2D eigenvalue weighted by atomic mass is 16.5. The Bertz CT molecular complexity index is 660. The molecule has 1 atom stereocenters. The first-order chi connectivity index (χ1) is 10.1. The molecule has 21 heavy (non-hydrogen) atoms. The lowest BCUT2D eigenvalue weighted by molar-refractivity contribution is 0.0284. The fraction of sp³-hybridized carbons (Fsp3) is 0.353. The number of fused-ring (bicyclic) bond motifs is 1. The predicted octanol–water partition coefficient (Wildman–Crippen LogP) is 2.77. The number of hydrogen-bond acceptors (Lipinski definition) is 3. The van der Waals surface area contributed by atoms with Crippen LogP contribution < -0.4 is 5.32 Å². The van der Waals surface area contributed by atoms with Crippen LogP contribution in [0.4, 0.5) is 0 Å². The van der Waals surface area contributed by atoms with Gasteiger partial charge < -0.3 is 14.5 Å². The first-order valence-corrected chi connectivity index (χ1v) is 7.17. The molecule has 4 nitrogen and oxygen atoms in total. The summed E-state index contributed by atoms with van der Waals surface area (Å²) in [6, 6.07) is 10.0. The van der Waals surface area contributed by atoms with Gasteiger partial charge in [0.1, 0.15) is 11.5 Å². The zero-order valence-electron chi connectivity index (χ0n) is 12.3. The number of hydrogen-bond donors (Lipinski definition) is 1. The van der Waals surface area contributed by atoms with Crippen molar-refractivity contribution < 1.29 is 13.9 Å². The van der Waals surface area contributed by atoms with E-state index < -0.39 is 0 Å². The summed E-state index contributed by atoms with van der Waals surface area (Å²) in [7, 11) is 0. The van der Waals surface area contributed by atoms with Gasteiger partial charge in [0.25, 0.3) is 5.91 Å². The number of amides is 1. The average Bonchev–Trinajstić information content (AvgIpc) is 2.83. The van der Waals surface area contributed by atoms with E-state index in [9.17, 15) is 4.79 Å². The van der Waals surface area contributed by atoms with E-state index in [-0.39, 0.29) is 12.0 Å². The summed E-state index contributed by atoms with van der Waals surface area (Å²) in [5.74, 6) is 1.30. The number of nitrogens with one attached hydrogen (secondary N) is 1. The first kappa shape index (κ1) is 13.9. The Morgan fingerprint density at radius 3 is 2.76 bits per heavy atom. The Morgan fingerprint density at radius 1 is 1.29 bits per heavy atom. The van der Waals surface area contributed by atoms with Crippen LogP contribution in [-0.2, 0) is 17.8 Å². The van der Waals surface area contributed by atoms with Crippen LogP contribution in [0.5, 0.6) is 0 Å². The lowest BCUT2D eigenvalue weighted by atomic mass is 9.99. The van der Waals surface area contributed by atoms with Gasteiger partial charge in [-0.05, 0) is 31.0 Å². The van der Waals surface area contributed by atoms with Gasteiger partial charge in [-0.25, -0.2) is 0 Å². The van der Waals surface area contributed by atoms with Crippen molar-refractivity contribution in [3.8, 4) is 0 Å². The van der Waals surface area contributed by atoms with E-state index in [1.54, 1.807) is 13.0 Å². The van der Waals surface area contributed by atoms with Gasteiger partial charge in [-0.2, -0.15) is 0 Å². The second kappa shape index (κ2) is 5.74. The highest BCUT2D eigenvalue weighted by Crippen LogP contribution is 2.20. The summed E-state index contributed by atoms with van der Waals surface area (Å²) in [5.41, 5.74) is 3.14. The quantitative estimate of drug-likeness (QED) is 0.943. The Balaban J connectivity index is 1.59. The van der Waals surface area contributed by atoms with E-state index in [1.807, 2.05) is 19.1 Å². The molecule has 1 unspecified atom stereocenters. The minimum Gasteiger partial charge on any atom is -0.466 e. The molecule has 0 saturated heterocycles. The third kappa shape index (κ3) is 3.00. The van der Waals surface area contributed by atoms with Gasteiger partial charge >= 0.3 is 0 Å². The second-order valence-corrected chi connectivity index (χ2v) is 5.44. The van der Waals surface area contributed by atoms with Crippen molar-refractivity contribution in [2.45, 2.75) is 33.0 Å². The van der Waals surface area contributed by atoms with Gasteiger partial charge in [0.05, 0.1) is 18.3 Å². The first-order valence-electron chi connectivity index (χ1n) is 7.17. The molecule has 0 fully saturated rings. The van der Waals surface area contributed by atoms with Crippen LogP contribution in [-0.4, -0.2) is 18.6 Å².